The van der Waals surface area contributed by atoms with E-state index in [0.717, 1.165) is 12.1 Å². The van der Waals surface area contributed by atoms with Gasteiger partial charge in [0.05, 0.1) is 17.9 Å². The van der Waals surface area contributed by atoms with E-state index in [-0.39, 0.29) is 17.5 Å². The Kier molecular flexibility index (Phi) is 5.43. The summed E-state index contributed by atoms with van der Waals surface area (Å²) < 4.78 is 0. The molecule has 0 spiro atoms. The number of carbonyl (C=O) groups is 1. The summed E-state index contributed by atoms with van der Waals surface area (Å²) >= 11 is 0. The first-order chi connectivity index (χ1) is 12.5. The largest absolute Gasteiger partial charge is 0.374 e. The van der Waals surface area contributed by atoms with Crippen LogP contribution >= 0.6 is 0 Å². The van der Waals surface area contributed by atoms with Gasteiger partial charge in [-0.25, -0.2) is 0 Å². The third kappa shape index (κ3) is 4.34. The molecule has 0 aromatic carbocycles. The van der Waals surface area contributed by atoms with Crippen LogP contribution in [0.4, 0.5) is 5.69 Å². The standard InChI is InChI=1S/C18H22N6O2/c1-23(2)7-3-4-17(25)24-11-14(12-24)22-15-8-13(9-21-18(15)26)16-10-19-5-6-20-16/h3-6,8-10,14,22H,7,11-12H2,1-2H3,(H,21,26). The Hall–Kier alpha value is -3.00. The Labute approximate surface area is 151 Å². The zero-order valence-corrected chi connectivity index (χ0v) is 14.8. The third-order valence-electron chi connectivity index (χ3n) is 4.05. The monoisotopic (exact) mass is 354 g/mol. The minimum Gasteiger partial charge on any atom is -0.374 e. The summed E-state index contributed by atoms with van der Waals surface area (Å²) in [7, 11) is 3.90. The quantitative estimate of drug-likeness (QED) is 0.737. The van der Waals surface area contributed by atoms with Crippen LogP contribution in [0.25, 0.3) is 11.3 Å². The number of likely N-dealkylation sites (N-methyl/N-ethyl adjacent to an activating group) is 1. The molecule has 8 heteroatoms. The zero-order chi connectivity index (χ0) is 18.5. The number of carbonyl (C=O) groups excluding carboxylic acids is 1. The van der Waals surface area contributed by atoms with Crippen LogP contribution in [0.3, 0.4) is 0 Å². The fraction of sp³-hybridized carbons (Fsp3) is 0.333. The topological polar surface area (TPSA) is 94.2 Å². The lowest BCUT2D eigenvalue weighted by Gasteiger charge is -2.39. The van der Waals surface area contributed by atoms with Gasteiger partial charge in [0.2, 0.25) is 5.91 Å². The second-order valence-electron chi connectivity index (χ2n) is 6.47. The highest BCUT2D eigenvalue weighted by Crippen LogP contribution is 2.18. The number of aromatic amines is 1. The minimum absolute atomic E-state index is 0.00730. The van der Waals surface area contributed by atoms with Crippen LogP contribution in [0.2, 0.25) is 0 Å². The lowest BCUT2D eigenvalue weighted by molar-refractivity contribution is -0.129. The number of hydrogen-bond acceptors (Lipinski definition) is 6. The molecule has 136 valence electrons. The summed E-state index contributed by atoms with van der Waals surface area (Å²) in [6.45, 7) is 1.87. The van der Waals surface area contributed by atoms with Crippen LogP contribution < -0.4 is 10.9 Å². The Morgan fingerprint density at radius 3 is 2.92 bits per heavy atom. The molecule has 0 atom stereocenters. The molecule has 2 N–H and O–H groups in total. The van der Waals surface area contributed by atoms with Crippen LogP contribution in [0, 0.1) is 0 Å². The van der Waals surface area contributed by atoms with Crippen LogP contribution in [0.5, 0.6) is 0 Å². The third-order valence-corrected chi connectivity index (χ3v) is 4.05. The zero-order valence-electron chi connectivity index (χ0n) is 14.8. The summed E-state index contributed by atoms with van der Waals surface area (Å²) in [6, 6.07) is 1.81. The van der Waals surface area contributed by atoms with Crippen LogP contribution in [-0.4, -0.2) is 70.4 Å². The Morgan fingerprint density at radius 1 is 1.42 bits per heavy atom. The van der Waals surface area contributed by atoms with Crippen molar-refractivity contribution in [3.8, 4) is 11.3 Å². The molecule has 1 aliphatic rings. The van der Waals surface area contributed by atoms with Gasteiger partial charge in [0.15, 0.2) is 0 Å². The highest BCUT2D eigenvalue weighted by molar-refractivity contribution is 5.88. The molecule has 0 radical (unpaired) electrons. The maximum Gasteiger partial charge on any atom is 0.271 e. The average Bonchev–Trinajstić information content (AvgIpc) is 2.59. The molecule has 2 aromatic rings. The van der Waals surface area contributed by atoms with E-state index in [0.29, 0.717) is 24.5 Å². The van der Waals surface area contributed by atoms with Crippen molar-refractivity contribution < 1.29 is 4.79 Å². The number of amides is 1. The molecule has 2 aromatic heterocycles. The molecular weight excluding hydrogens is 332 g/mol. The molecule has 1 aliphatic heterocycles. The van der Waals surface area contributed by atoms with Crippen molar-refractivity contribution in [1.29, 1.82) is 0 Å². The fourth-order valence-electron chi connectivity index (χ4n) is 2.63. The Morgan fingerprint density at radius 2 is 2.23 bits per heavy atom. The van der Waals surface area contributed by atoms with Gasteiger partial charge in [-0.15, -0.1) is 0 Å². The van der Waals surface area contributed by atoms with Gasteiger partial charge < -0.3 is 20.1 Å². The second kappa shape index (κ2) is 7.92. The molecule has 1 fully saturated rings. The fourth-order valence-corrected chi connectivity index (χ4v) is 2.63. The summed E-state index contributed by atoms with van der Waals surface area (Å²) in [6.07, 6.45) is 9.90. The number of aromatic nitrogens is 3. The van der Waals surface area contributed by atoms with Gasteiger partial charge in [0.1, 0.15) is 5.69 Å². The molecule has 0 bridgehead atoms. The molecule has 0 aliphatic carbocycles. The van der Waals surface area contributed by atoms with Crippen molar-refractivity contribution in [2.45, 2.75) is 6.04 Å². The van der Waals surface area contributed by atoms with Gasteiger partial charge in [0.25, 0.3) is 5.56 Å². The SMILES string of the molecule is CN(C)CC=CC(=O)N1CC(Nc2cc(-c3cnccn3)c[nH]c2=O)C1. The summed E-state index contributed by atoms with van der Waals surface area (Å²) in [4.78, 5) is 38.8. The number of rotatable bonds is 6. The van der Waals surface area contributed by atoms with Crippen LogP contribution in [-0.2, 0) is 4.79 Å². The average molecular weight is 354 g/mol. The minimum atomic E-state index is -0.201. The smallest absolute Gasteiger partial charge is 0.271 e. The van der Waals surface area contributed by atoms with Crippen molar-refractivity contribution in [2.24, 2.45) is 0 Å². The van der Waals surface area contributed by atoms with Crippen LogP contribution in [0.1, 0.15) is 0 Å². The van der Waals surface area contributed by atoms with Gasteiger partial charge in [-0.2, -0.15) is 0 Å². The van der Waals surface area contributed by atoms with Crippen molar-refractivity contribution in [3.63, 3.8) is 0 Å². The first-order valence-electron chi connectivity index (χ1n) is 8.39. The maximum absolute atomic E-state index is 12.0. The van der Waals surface area contributed by atoms with E-state index in [1.807, 2.05) is 25.1 Å². The maximum atomic E-state index is 12.0. The first kappa shape index (κ1) is 17.8. The Bertz CT molecular complexity index is 840. The molecule has 3 heterocycles. The molecule has 0 unspecified atom stereocenters. The molecule has 1 saturated heterocycles. The van der Waals surface area contributed by atoms with Crippen LogP contribution in [0.15, 0.2) is 47.8 Å². The predicted octanol–water partition coefficient (Wildman–Crippen LogP) is 0.572. The number of nitrogens with zero attached hydrogens (tertiary/aromatic N) is 4. The number of pyridine rings is 1. The Balaban J connectivity index is 1.59. The molecule has 26 heavy (non-hydrogen) atoms. The molecular formula is C18H22N6O2. The summed E-state index contributed by atoms with van der Waals surface area (Å²) in [5.74, 6) is -0.00730. The van der Waals surface area contributed by atoms with Crippen molar-refractivity contribution in [1.82, 2.24) is 24.8 Å². The highest BCUT2D eigenvalue weighted by Gasteiger charge is 2.29. The van der Waals surface area contributed by atoms with E-state index in [4.69, 9.17) is 0 Å². The molecule has 3 rings (SSSR count). The number of likely N-dealkylation sites (tertiary alicyclic amines) is 1. The van der Waals surface area contributed by atoms with Gasteiger partial charge in [-0.1, -0.05) is 6.08 Å². The predicted molar refractivity (Wildman–Crippen MR) is 99.8 cm³/mol. The summed E-state index contributed by atoms with van der Waals surface area (Å²) in [5.41, 5.74) is 1.73. The number of anilines is 1. The lowest BCUT2D eigenvalue weighted by atomic mass is 10.1. The van der Waals surface area contributed by atoms with Gasteiger partial charge >= 0.3 is 0 Å². The second-order valence-corrected chi connectivity index (χ2v) is 6.47. The van der Waals surface area contributed by atoms with E-state index in [2.05, 4.69) is 20.3 Å². The van der Waals surface area contributed by atoms with Gasteiger partial charge in [0, 0.05) is 49.9 Å². The molecule has 8 nitrogen and oxygen atoms in total. The number of hydrogen-bond donors (Lipinski definition) is 2. The lowest BCUT2D eigenvalue weighted by Crippen LogP contribution is -2.57. The first-order valence-corrected chi connectivity index (χ1v) is 8.39. The van der Waals surface area contributed by atoms with E-state index >= 15 is 0 Å². The van der Waals surface area contributed by atoms with Crippen molar-refractivity contribution in [2.75, 3.05) is 39.0 Å². The van der Waals surface area contributed by atoms with E-state index in [1.165, 1.54) is 0 Å². The van der Waals surface area contributed by atoms with Crippen molar-refractivity contribution in [3.05, 3.63) is 53.4 Å². The number of nitrogens with one attached hydrogen (secondary N) is 2. The highest BCUT2D eigenvalue weighted by atomic mass is 16.2. The molecule has 1 amide bonds. The van der Waals surface area contributed by atoms with E-state index in [1.54, 1.807) is 41.8 Å². The van der Waals surface area contributed by atoms with E-state index in [9.17, 15) is 9.59 Å². The van der Waals surface area contributed by atoms with Gasteiger partial charge in [-0.05, 0) is 20.2 Å². The molecule has 0 saturated carbocycles. The normalized spacial score (nSPS) is 14.7. The summed E-state index contributed by atoms with van der Waals surface area (Å²) in [5, 5.41) is 3.20. The van der Waals surface area contributed by atoms with Gasteiger partial charge in [-0.3, -0.25) is 19.6 Å². The van der Waals surface area contributed by atoms with Crippen molar-refractivity contribution >= 4 is 11.6 Å². The van der Waals surface area contributed by atoms with E-state index < -0.39 is 0 Å². The number of H-pyrrole nitrogens is 1.